The number of amides is 1. The molecule has 3 heterocycles. The second-order valence-electron chi connectivity index (χ2n) is 8.59. The largest absolute Gasteiger partial charge is 0.494 e. The molecule has 0 aliphatic carbocycles. The monoisotopic (exact) mass is 493 g/mol. The number of aromatic nitrogens is 2. The van der Waals surface area contributed by atoms with Crippen molar-refractivity contribution in [1.82, 2.24) is 20.2 Å². The van der Waals surface area contributed by atoms with Crippen molar-refractivity contribution in [3.63, 3.8) is 0 Å². The molecular weight excluding hydrogens is 468 g/mol. The smallest absolute Gasteiger partial charge is 0.258 e. The number of carbonyl (C=O) groups is 1. The summed E-state index contributed by atoms with van der Waals surface area (Å²) >= 11 is 0. The molecule has 0 saturated carbocycles. The molecule has 0 atom stereocenters. The topological polar surface area (TPSA) is 88.9 Å². The number of ether oxygens (including phenoxy) is 2. The number of hydrogen-bond donors (Lipinski definition) is 1. The van der Waals surface area contributed by atoms with E-state index in [1.807, 2.05) is 6.08 Å². The Labute approximate surface area is 206 Å². The van der Waals surface area contributed by atoms with E-state index < -0.39 is 17.5 Å². The van der Waals surface area contributed by atoms with Crippen LogP contribution in [0.2, 0.25) is 0 Å². The van der Waals surface area contributed by atoms with Gasteiger partial charge in [0.1, 0.15) is 11.4 Å². The lowest BCUT2D eigenvalue weighted by atomic mass is 9.98. The number of likely N-dealkylation sites (tertiary alicyclic amines) is 1. The van der Waals surface area contributed by atoms with Crippen molar-refractivity contribution in [2.24, 2.45) is 4.99 Å². The number of aliphatic imine (C=N–C) groups is 1. The Hall–Kier alpha value is -3.92. The molecule has 0 radical (unpaired) electrons. The van der Waals surface area contributed by atoms with E-state index in [2.05, 4.69) is 25.2 Å². The summed E-state index contributed by atoms with van der Waals surface area (Å²) in [4.78, 5) is 28.7. The van der Waals surface area contributed by atoms with Crippen LogP contribution in [0, 0.1) is 11.6 Å². The van der Waals surface area contributed by atoms with Crippen LogP contribution in [0.5, 0.6) is 11.5 Å². The Bertz CT molecular complexity index is 1370. The van der Waals surface area contributed by atoms with Crippen molar-refractivity contribution >= 4 is 22.8 Å². The maximum absolute atomic E-state index is 15.2. The van der Waals surface area contributed by atoms with Crippen molar-refractivity contribution in [1.29, 1.82) is 0 Å². The summed E-state index contributed by atoms with van der Waals surface area (Å²) in [5, 5.41) is 2.85. The third-order valence-corrected chi connectivity index (χ3v) is 6.36. The predicted octanol–water partition coefficient (Wildman–Crippen LogP) is 4.10. The fourth-order valence-corrected chi connectivity index (χ4v) is 4.59. The van der Waals surface area contributed by atoms with Gasteiger partial charge in [0.2, 0.25) is 0 Å². The Morgan fingerprint density at radius 1 is 1.03 bits per heavy atom. The summed E-state index contributed by atoms with van der Waals surface area (Å²) in [6.07, 6.45) is 7.75. The molecule has 1 amide bonds. The number of carbonyl (C=O) groups excluding carboxylic acids is 1. The number of halogens is 2. The summed E-state index contributed by atoms with van der Waals surface area (Å²) in [5.41, 5.74) is 1.27. The molecule has 5 rings (SSSR count). The highest BCUT2D eigenvalue weighted by molar-refractivity contribution is 6.14. The highest BCUT2D eigenvalue weighted by Crippen LogP contribution is 2.40. The van der Waals surface area contributed by atoms with Gasteiger partial charge < -0.3 is 14.8 Å². The van der Waals surface area contributed by atoms with Gasteiger partial charge in [0.05, 0.1) is 36.6 Å². The lowest BCUT2D eigenvalue weighted by molar-refractivity contribution is 0.0978. The zero-order valence-electron chi connectivity index (χ0n) is 20.0. The number of fused-ring (bicyclic) bond motifs is 1. The first-order valence-corrected chi connectivity index (χ1v) is 11.6. The second kappa shape index (κ2) is 9.98. The Morgan fingerprint density at radius 2 is 1.69 bits per heavy atom. The summed E-state index contributed by atoms with van der Waals surface area (Å²) < 4.78 is 40.5. The normalized spacial score (nSPS) is 15.7. The third kappa shape index (κ3) is 4.39. The third-order valence-electron chi connectivity index (χ3n) is 6.36. The minimum Gasteiger partial charge on any atom is -0.494 e. The van der Waals surface area contributed by atoms with Crippen LogP contribution in [0.3, 0.4) is 0 Å². The standard InChI is InChI=1S/C26H25F2N5O3/c1-35-18-13-19(36-2)23(28)21(22(18)27)16-6-7-17(25-24(16)29-9-10-30-25)26(34)32-20-8-5-15(31-20)14-33-11-3-4-12-33/h5-7,9-10,13H,3-4,8,11-12,14H2,1-2H3,(H,31,32,34). The molecule has 1 aromatic heterocycles. The zero-order valence-corrected chi connectivity index (χ0v) is 20.0. The van der Waals surface area contributed by atoms with Gasteiger partial charge in [0.15, 0.2) is 23.1 Å². The van der Waals surface area contributed by atoms with Gasteiger partial charge >= 0.3 is 0 Å². The molecule has 1 N–H and O–H groups in total. The maximum Gasteiger partial charge on any atom is 0.258 e. The van der Waals surface area contributed by atoms with Crippen molar-refractivity contribution < 1.29 is 23.0 Å². The number of rotatable bonds is 6. The molecule has 2 aliphatic rings. The van der Waals surface area contributed by atoms with Crippen molar-refractivity contribution in [2.75, 3.05) is 33.9 Å². The average Bonchev–Trinajstić information content (AvgIpc) is 3.56. The zero-order chi connectivity index (χ0) is 25.2. The molecule has 186 valence electrons. The highest BCUT2D eigenvalue weighted by atomic mass is 19.1. The van der Waals surface area contributed by atoms with Crippen LogP contribution in [-0.4, -0.2) is 60.5 Å². The van der Waals surface area contributed by atoms with Gasteiger partial charge in [0, 0.05) is 37.0 Å². The predicted molar refractivity (Wildman–Crippen MR) is 131 cm³/mol. The van der Waals surface area contributed by atoms with Gasteiger partial charge in [-0.15, -0.1) is 0 Å². The SMILES string of the molecule is COc1cc(OC)c(F)c(-c2ccc(C(=O)NC3=NC(CN4CCCC4)=CC3)c3nccnc23)c1F. The van der Waals surface area contributed by atoms with E-state index in [-0.39, 0.29) is 39.2 Å². The van der Waals surface area contributed by atoms with E-state index in [1.54, 1.807) is 0 Å². The van der Waals surface area contributed by atoms with E-state index in [4.69, 9.17) is 9.47 Å². The number of nitrogens with zero attached hydrogens (tertiary/aromatic N) is 4. The number of amidine groups is 1. The Morgan fingerprint density at radius 3 is 2.36 bits per heavy atom. The molecule has 0 spiro atoms. The molecule has 0 unspecified atom stereocenters. The number of nitrogens with one attached hydrogen (secondary N) is 1. The van der Waals surface area contributed by atoms with Gasteiger partial charge in [-0.25, -0.2) is 13.8 Å². The lowest BCUT2D eigenvalue weighted by Gasteiger charge is -2.15. The quantitative estimate of drug-likeness (QED) is 0.556. The van der Waals surface area contributed by atoms with E-state index in [0.29, 0.717) is 12.3 Å². The fraction of sp³-hybridized carbons (Fsp3) is 0.308. The maximum atomic E-state index is 15.2. The Kier molecular flexibility index (Phi) is 6.60. The van der Waals surface area contributed by atoms with Crippen LogP contribution >= 0.6 is 0 Å². The average molecular weight is 494 g/mol. The lowest BCUT2D eigenvalue weighted by Crippen LogP contribution is -2.29. The molecular formula is C26H25F2N5O3. The van der Waals surface area contributed by atoms with E-state index in [1.165, 1.54) is 51.6 Å². The molecule has 10 heteroatoms. The molecule has 36 heavy (non-hydrogen) atoms. The molecule has 3 aromatic rings. The summed E-state index contributed by atoms with van der Waals surface area (Å²) in [6.45, 7) is 2.89. The van der Waals surface area contributed by atoms with Crippen LogP contribution in [0.1, 0.15) is 29.6 Å². The minimum absolute atomic E-state index is 0.120. The first kappa shape index (κ1) is 23.8. The van der Waals surface area contributed by atoms with Crippen molar-refractivity contribution in [3.8, 4) is 22.6 Å². The van der Waals surface area contributed by atoms with Crippen molar-refractivity contribution in [3.05, 3.63) is 59.6 Å². The van der Waals surface area contributed by atoms with Gasteiger partial charge in [-0.2, -0.15) is 0 Å². The fourth-order valence-electron chi connectivity index (χ4n) is 4.59. The van der Waals surface area contributed by atoms with Crippen LogP contribution < -0.4 is 14.8 Å². The number of methoxy groups -OCH3 is 2. The van der Waals surface area contributed by atoms with Crippen LogP contribution in [0.25, 0.3) is 22.2 Å². The number of benzene rings is 2. The van der Waals surface area contributed by atoms with E-state index in [0.717, 1.165) is 31.4 Å². The van der Waals surface area contributed by atoms with Crippen LogP contribution in [0.15, 0.2) is 47.4 Å². The van der Waals surface area contributed by atoms with Gasteiger partial charge in [-0.1, -0.05) is 12.1 Å². The van der Waals surface area contributed by atoms with Gasteiger partial charge in [-0.3, -0.25) is 19.7 Å². The van der Waals surface area contributed by atoms with Crippen LogP contribution in [0.4, 0.5) is 8.78 Å². The molecule has 0 bridgehead atoms. The van der Waals surface area contributed by atoms with Crippen molar-refractivity contribution in [2.45, 2.75) is 19.3 Å². The summed E-state index contributed by atoms with van der Waals surface area (Å²) in [7, 11) is 2.56. The molecule has 1 fully saturated rings. The Balaban J connectivity index is 1.48. The molecule has 2 aliphatic heterocycles. The first-order valence-electron chi connectivity index (χ1n) is 11.6. The van der Waals surface area contributed by atoms with Crippen LogP contribution in [-0.2, 0) is 0 Å². The van der Waals surface area contributed by atoms with Gasteiger partial charge in [0.25, 0.3) is 5.91 Å². The van der Waals surface area contributed by atoms with E-state index in [9.17, 15) is 4.79 Å². The second-order valence-corrected chi connectivity index (χ2v) is 8.59. The van der Waals surface area contributed by atoms with E-state index >= 15 is 8.78 Å². The van der Waals surface area contributed by atoms with Gasteiger partial charge in [-0.05, 0) is 32.0 Å². The molecule has 2 aromatic carbocycles. The summed E-state index contributed by atoms with van der Waals surface area (Å²) in [5.74, 6) is -2.05. The molecule has 1 saturated heterocycles. The molecule has 8 nitrogen and oxygen atoms in total. The first-order chi connectivity index (χ1) is 17.5. The number of hydrogen-bond acceptors (Lipinski definition) is 7. The summed E-state index contributed by atoms with van der Waals surface area (Å²) in [6, 6.07) is 4.05. The minimum atomic E-state index is -0.906. The highest BCUT2D eigenvalue weighted by Gasteiger charge is 2.26.